The Morgan fingerprint density at radius 2 is 2.10 bits per heavy atom. The normalized spacial score (nSPS) is 25.3. The lowest BCUT2D eigenvalue weighted by atomic mass is 10.2. The molecule has 7 heteroatoms. The predicted molar refractivity (Wildman–Crippen MR) is 75.2 cm³/mol. The van der Waals surface area contributed by atoms with Crippen molar-refractivity contribution in [2.75, 3.05) is 20.3 Å². The molecule has 0 aromatic rings. The Bertz CT molecular complexity index is 455. The molecule has 0 bridgehead atoms. The number of nitrogens with zero attached hydrogens (tertiary/aromatic N) is 2. The molecule has 0 aromatic carbocycles. The maximum atomic E-state index is 12.2. The molecule has 0 saturated carbocycles. The standard InChI is InChI=1S/C14H22N2O5/c1-14(2,3)21-13(18)16-7-5-6-10(16)11-15-9(8-20-11)12(17)19-4/h9-10H,5-8H2,1-4H3/t9-,10+/m1/s1. The summed E-state index contributed by atoms with van der Waals surface area (Å²) in [7, 11) is 1.32. The highest BCUT2D eigenvalue weighted by molar-refractivity contribution is 5.91. The molecule has 1 fully saturated rings. The second-order valence-electron chi connectivity index (χ2n) is 6.15. The van der Waals surface area contributed by atoms with Crippen molar-refractivity contribution in [3.63, 3.8) is 0 Å². The van der Waals surface area contributed by atoms with E-state index in [1.54, 1.807) is 4.90 Å². The summed E-state index contributed by atoms with van der Waals surface area (Å²) in [5.74, 6) is 0.000532. The minimum atomic E-state index is -0.633. The molecule has 0 spiro atoms. The number of ether oxygens (including phenoxy) is 3. The van der Waals surface area contributed by atoms with Gasteiger partial charge in [-0.1, -0.05) is 0 Å². The Morgan fingerprint density at radius 1 is 1.38 bits per heavy atom. The molecule has 0 N–H and O–H groups in total. The average molecular weight is 298 g/mol. The van der Waals surface area contributed by atoms with Crippen molar-refractivity contribution in [3.8, 4) is 0 Å². The number of hydrogen-bond donors (Lipinski definition) is 0. The second kappa shape index (κ2) is 5.91. The van der Waals surface area contributed by atoms with Crippen molar-refractivity contribution < 1.29 is 23.8 Å². The molecule has 2 aliphatic rings. The van der Waals surface area contributed by atoms with Crippen LogP contribution < -0.4 is 0 Å². The van der Waals surface area contributed by atoms with Gasteiger partial charge in [-0.15, -0.1) is 0 Å². The Morgan fingerprint density at radius 3 is 2.71 bits per heavy atom. The Balaban J connectivity index is 2.06. The van der Waals surface area contributed by atoms with E-state index in [1.807, 2.05) is 20.8 Å². The molecule has 2 aliphatic heterocycles. The molecule has 0 radical (unpaired) electrons. The fourth-order valence-corrected chi connectivity index (χ4v) is 2.39. The summed E-state index contributed by atoms with van der Waals surface area (Å²) < 4.78 is 15.5. The van der Waals surface area contributed by atoms with Crippen LogP contribution in [0.5, 0.6) is 0 Å². The van der Waals surface area contributed by atoms with E-state index in [2.05, 4.69) is 9.73 Å². The molecule has 2 heterocycles. The van der Waals surface area contributed by atoms with E-state index in [9.17, 15) is 9.59 Å². The minimum absolute atomic E-state index is 0.167. The topological polar surface area (TPSA) is 77.4 Å². The summed E-state index contributed by atoms with van der Waals surface area (Å²) in [4.78, 5) is 29.5. The molecule has 2 atom stereocenters. The Labute approximate surface area is 124 Å². The van der Waals surface area contributed by atoms with Gasteiger partial charge in [-0.2, -0.15) is 0 Å². The van der Waals surface area contributed by atoms with Crippen LogP contribution in [0.3, 0.4) is 0 Å². The zero-order valence-electron chi connectivity index (χ0n) is 12.9. The number of carbonyl (C=O) groups is 2. The quantitative estimate of drug-likeness (QED) is 0.719. The van der Waals surface area contributed by atoms with Gasteiger partial charge in [0.2, 0.25) is 5.90 Å². The minimum Gasteiger partial charge on any atom is -0.477 e. The lowest BCUT2D eigenvalue weighted by Gasteiger charge is -2.28. The molecule has 118 valence electrons. The first-order valence-corrected chi connectivity index (χ1v) is 7.10. The van der Waals surface area contributed by atoms with Crippen LogP contribution in [0.4, 0.5) is 4.79 Å². The Hall–Kier alpha value is -1.79. The molecule has 21 heavy (non-hydrogen) atoms. The fourth-order valence-electron chi connectivity index (χ4n) is 2.39. The van der Waals surface area contributed by atoms with Crippen LogP contribution in [-0.4, -0.2) is 60.8 Å². The van der Waals surface area contributed by atoms with Crippen LogP contribution >= 0.6 is 0 Å². The number of likely N-dealkylation sites (tertiary alicyclic amines) is 1. The van der Waals surface area contributed by atoms with Crippen molar-refractivity contribution in [2.45, 2.75) is 51.3 Å². The van der Waals surface area contributed by atoms with Crippen LogP contribution in [0.2, 0.25) is 0 Å². The van der Waals surface area contributed by atoms with E-state index >= 15 is 0 Å². The van der Waals surface area contributed by atoms with E-state index in [1.165, 1.54) is 7.11 Å². The molecule has 1 amide bonds. The smallest absolute Gasteiger partial charge is 0.410 e. The van der Waals surface area contributed by atoms with Gasteiger partial charge in [-0.3, -0.25) is 4.90 Å². The van der Waals surface area contributed by atoms with E-state index < -0.39 is 17.6 Å². The van der Waals surface area contributed by atoms with Gasteiger partial charge in [0.25, 0.3) is 0 Å². The second-order valence-corrected chi connectivity index (χ2v) is 6.15. The molecule has 0 aliphatic carbocycles. The zero-order chi connectivity index (χ0) is 15.6. The monoisotopic (exact) mass is 298 g/mol. The first kappa shape index (κ1) is 15.6. The van der Waals surface area contributed by atoms with Crippen molar-refractivity contribution in [1.82, 2.24) is 4.90 Å². The van der Waals surface area contributed by atoms with Crippen molar-refractivity contribution in [1.29, 1.82) is 0 Å². The summed E-state index contributed by atoms with van der Waals surface area (Å²) in [6, 6.07) is -0.888. The summed E-state index contributed by atoms with van der Waals surface area (Å²) in [5.41, 5.74) is -0.545. The molecule has 1 saturated heterocycles. The van der Waals surface area contributed by atoms with Gasteiger partial charge in [-0.05, 0) is 33.6 Å². The number of amides is 1. The van der Waals surface area contributed by atoms with Gasteiger partial charge in [-0.25, -0.2) is 14.6 Å². The van der Waals surface area contributed by atoms with Gasteiger partial charge in [0.05, 0.1) is 7.11 Å². The summed E-state index contributed by atoms with van der Waals surface area (Å²) in [6.07, 6.45) is 1.24. The van der Waals surface area contributed by atoms with E-state index in [4.69, 9.17) is 9.47 Å². The number of carbonyl (C=O) groups excluding carboxylic acids is 2. The average Bonchev–Trinajstić information content (AvgIpc) is 3.03. The number of esters is 1. The highest BCUT2D eigenvalue weighted by Gasteiger charge is 2.39. The summed E-state index contributed by atoms with van der Waals surface area (Å²) in [5, 5.41) is 0. The van der Waals surface area contributed by atoms with Gasteiger partial charge in [0.15, 0.2) is 6.04 Å². The molecule has 2 rings (SSSR count). The molecule has 0 unspecified atom stereocenters. The fraction of sp³-hybridized carbons (Fsp3) is 0.786. The van der Waals surface area contributed by atoms with Gasteiger partial charge in [0.1, 0.15) is 18.2 Å². The lowest BCUT2D eigenvalue weighted by Crippen LogP contribution is -2.43. The highest BCUT2D eigenvalue weighted by atomic mass is 16.6. The third-order valence-electron chi connectivity index (χ3n) is 3.31. The maximum absolute atomic E-state index is 12.2. The number of hydrogen-bond acceptors (Lipinski definition) is 6. The van der Waals surface area contributed by atoms with Crippen LogP contribution in [0, 0.1) is 0 Å². The first-order chi connectivity index (χ1) is 9.81. The van der Waals surface area contributed by atoms with Gasteiger partial charge in [0, 0.05) is 6.54 Å². The third-order valence-corrected chi connectivity index (χ3v) is 3.31. The molecular weight excluding hydrogens is 276 g/mol. The summed E-state index contributed by atoms with van der Waals surface area (Å²) in [6.45, 7) is 6.25. The number of methoxy groups -OCH3 is 1. The van der Waals surface area contributed by atoms with Crippen LogP contribution in [0.1, 0.15) is 33.6 Å². The van der Waals surface area contributed by atoms with Crippen molar-refractivity contribution >= 4 is 18.0 Å². The zero-order valence-corrected chi connectivity index (χ0v) is 12.9. The van der Waals surface area contributed by atoms with Crippen LogP contribution in [0.25, 0.3) is 0 Å². The maximum Gasteiger partial charge on any atom is 0.410 e. The Kier molecular flexibility index (Phi) is 4.39. The first-order valence-electron chi connectivity index (χ1n) is 7.10. The van der Waals surface area contributed by atoms with Crippen molar-refractivity contribution in [2.24, 2.45) is 4.99 Å². The number of rotatable bonds is 2. The van der Waals surface area contributed by atoms with Crippen LogP contribution in [0.15, 0.2) is 4.99 Å². The number of aliphatic imine (C=N–C) groups is 1. The predicted octanol–water partition coefficient (Wildman–Crippen LogP) is 1.36. The molecular formula is C14H22N2O5. The van der Waals surface area contributed by atoms with Crippen LogP contribution in [-0.2, 0) is 19.0 Å². The van der Waals surface area contributed by atoms with E-state index in [0.717, 1.165) is 12.8 Å². The highest BCUT2D eigenvalue weighted by Crippen LogP contribution is 2.24. The molecule has 7 nitrogen and oxygen atoms in total. The van der Waals surface area contributed by atoms with Gasteiger partial charge >= 0.3 is 12.1 Å². The summed E-state index contributed by atoms with van der Waals surface area (Å²) >= 11 is 0. The van der Waals surface area contributed by atoms with E-state index in [0.29, 0.717) is 12.4 Å². The van der Waals surface area contributed by atoms with Gasteiger partial charge < -0.3 is 14.2 Å². The lowest BCUT2D eigenvalue weighted by molar-refractivity contribution is -0.142. The molecule has 0 aromatic heterocycles. The third kappa shape index (κ3) is 3.65. The SMILES string of the molecule is COC(=O)[C@H]1COC([C@@H]2CCCN2C(=O)OC(C)(C)C)=N1. The van der Waals surface area contributed by atoms with Crippen molar-refractivity contribution in [3.05, 3.63) is 0 Å². The van der Waals surface area contributed by atoms with E-state index in [-0.39, 0.29) is 18.7 Å². The largest absolute Gasteiger partial charge is 0.477 e.